The van der Waals surface area contributed by atoms with Crippen molar-refractivity contribution in [3.8, 4) is 0 Å². The summed E-state index contributed by atoms with van der Waals surface area (Å²) in [4.78, 5) is 11.4. The van der Waals surface area contributed by atoms with Crippen molar-refractivity contribution in [2.45, 2.75) is 38.5 Å². The average Bonchev–Trinajstić information content (AvgIpc) is 2.26. The normalized spacial score (nSPS) is 12.6. The van der Waals surface area contributed by atoms with Gasteiger partial charge < -0.3 is 0 Å². The van der Waals surface area contributed by atoms with Crippen molar-refractivity contribution in [3.63, 3.8) is 0 Å². The van der Waals surface area contributed by atoms with E-state index in [1.165, 1.54) is 0 Å². The molecule has 0 atom stereocenters. The van der Waals surface area contributed by atoms with E-state index in [-0.39, 0.29) is 23.8 Å². The van der Waals surface area contributed by atoms with Gasteiger partial charge in [-0.3, -0.25) is 4.79 Å². The van der Waals surface area contributed by atoms with Crippen LogP contribution < -0.4 is 0 Å². The third kappa shape index (κ3) is 4.54. The highest BCUT2D eigenvalue weighted by Gasteiger charge is 2.36. The standard InChI is InChI=1S/C13H12F6O/c1-2-3-11(20)6-8-4-9(12(14,15)16)7-10(5-8)13(17,18)19/h4-5,7H,2-3,6H2,1H3. The van der Waals surface area contributed by atoms with E-state index >= 15 is 0 Å². The fourth-order valence-corrected chi connectivity index (χ4v) is 1.72. The summed E-state index contributed by atoms with van der Waals surface area (Å²) in [6.45, 7) is 1.70. The fraction of sp³-hybridized carbons (Fsp3) is 0.462. The quantitative estimate of drug-likeness (QED) is 0.740. The first-order valence-electron chi connectivity index (χ1n) is 5.84. The molecule has 0 unspecified atom stereocenters. The molecule has 0 saturated carbocycles. The first kappa shape index (κ1) is 16.5. The van der Waals surface area contributed by atoms with Crippen molar-refractivity contribution in [3.05, 3.63) is 34.9 Å². The van der Waals surface area contributed by atoms with Crippen LogP contribution in [0.4, 0.5) is 26.3 Å². The average molecular weight is 298 g/mol. The molecule has 0 aromatic heterocycles. The van der Waals surface area contributed by atoms with E-state index in [0.717, 1.165) is 0 Å². The number of benzene rings is 1. The van der Waals surface area contributed by atoms with Crippen LogP contribution in [0.2, 0.25) is 0 Å². The van der Waals surface area contributed by atoms with Crippen LogP contribution in [0.3, 0.4) is 0 Å². The summed E-state index contributed by atoms with van der Waals surface area (Å²) in [5, 5.41) is 0. The smallest absolute Gasteiger partial charge is 0.299 e. The number of rotatable bonds is 4. The third-order valence-corrected chi connectivity index (χ3v) is 2.58. The molecule has 20 heavy (non-hydrogen) atoms. The molecular formula is C13H12F6O. The maximum Gasteiger partial charge on any atom is 0.416 e. The summed E-state index contributed by atoms with van der Waals surface area (Å²) < 4.78 is 75.4. The Kier molecular flexibility index (Phi) is 4.83. The SMILES string of the molecule is CCCC(=O)Cc1cc(C(F)(F)F)cc(C(F)(F)F)c1. The second-order valence-electron chi connectivity index (χ2n) is 4.38. The zero-order valence-corrected chi connectivity index (χ0v) is 10.5. The van der Waals surface area contributed by atoms with Gasteiger partial charge in [0.05, 0.1) is 11.1 Å². The van der Waals surface area contributed by atoms with E-state index in [9.17, 15) is 31.1 Å². The number of carbonyl (C=O) groups is 1. The van der Waals surface area contributed by atoms with Gasteiger partial charge in [-0.2, -0.15) is 26.3 Å². The van der Waals surface area contributed by atoms with E-state index in [4.69, 9.17) is 0 Å². The highest BCUT2D eigenvalue weighted by Crippen LogP contribution is 2.36. The number of hydrogen-bond donors (Lipinski definition) is 0. The maximum atomic E-state index is 12.6. The first-order chi connectivity index (χ1) is 9.04. The molecule has 0 radical (unpaired) electrons. The van der Waals surface area contributed by atoms with Gasteiger partial charge in [0.1, 0.15) is 5.78 Å². The van der Waals surface area contributed by atoms with Crippen molar-refractivity contribution >= 4 is 5.78 Å². The number of carbonyl (C=O) groups excluding carboxylic acids is 1. The predicted octanol–water partition coefficient (Wildman–Crippen LogP) is 4.64. The summed E-state index contributed by atoms with van der Waals surface area (Å²) in [6, 6.07) is 1.22. The third-order valence-electron chi connectivity index (χ3n) is 2.58. The molecular weight excluding hydrogens is 286 g/mol. The highest BCUT2D eigenvalue weighted by atomic mass is 19.4. The van der Waals surface area contributed by atoms with Crippen LogP contribution in [0.25, 0.3) is 0 Å². The van der Waals surface area contributed by atoms with Gasteiger partial charge in [0.2, 0.25) is 0 Å². The molecule has 0 aliphatic heterocycles. The van der Waals surface area contributed by atoms with Crippen molar-refractivity contribution in [2.24, 2.45) is 0 Å². The van der Waals surface area contributed by atoms with E-state index < -0.39 is 29.9 Å². The molecule has 0 spiro atoms. The minimum Gasteiger partial charge on any atom is -0.299 e. The van der Waals surface area contributed by atoms with E-state index in [2.05, 4.69) is 0 Å². The van der Waals surface area contributed by atoms with Gasteiger partial charge in [0, 0.05) is 12.8 Å². The van der Waals surface area contributed by atoms with Gasteiger partial charge in [-0.05, 0) is 30.2 Å². The molecule has 0 bridgehead atoms. The first-order valence-corrected chi connectivity index (χ1v) is 5.84. The number of alkyl halides is 6. The summed E-state index contributed by atoms with van der Waals surface area (Å²) in [7, 11) is 0. The largest absolute Gasteiger partial charge is 0.416 e. The Hall–Kier alpha value is -1.53. The molecule has 0 N–H and O–H groups in total. The van der Waals surface area contributed by atoms with Crippen LogP contribution in [0.1, 0.15) is 36.5 Å². The molecule has 1 rings (SSSR count). The van der Waals surface area contributed by atoms with Gasteiger partial charge in [-0.1, -0.05) is 6.92 Å². The molecule has 1 aromatic carbocycles. The van der Waals surface area contributed by atoms with Crippen LogP contribution >= 0.6 is 0 Å². The van der Waals surface area contributed by atoms with Crippen LogP contribution in [-0.4, -0.2) is 5.78 Å². The zero-order valence-electron chi connectivity index (χ0n) is 10.5. The Morgan fingerprint density at radius 2 is 1.40 bits per heavy atom. The minimum atomic E-state index is -4.89. The maximum absolute atomic E-state index is 12.6. The molecule has 1 aromatic rings. The summed E-state index contributed by atoms with van der Waals surface area (Å²) in [5.41, 5.74) is -3.07. The summed E-state index contributed by atoms with van der Waals surface area (Å²) >= 11 is 0. The summed E-state index contributed by atoms with van der Waals surface area (Å²) in [5.74, 6) is -0.389. The molecule has 0 fully saturated rings. The second-order valence-corrected chi connectivity index (χ2v) is 4.38. The van der Waals surface area contributed by atoms with Crippen molar-refractivity contribution in [2.75, 3.05) is 0 Å². The van der Waals surface area contributed by atoms with Crippen molar-refractivity contribution < 1.29 is 31.1 Å². The molecule has 0 aliphatic carbocycles. The Morgan fingerprint density at radius 1 is 0.950 bits per heavy atom. The monoisotopic (exact) mass is 298 g/mol. The van der Waals surface area contributed by atoms with Crippen LogP contribution in [0.5, 0.6) is 0 Å². The second kappa shape index (κ2) is 5.85. The van der Waals surface area contributed by atoms with Gasteiger partial charge in [0.25, 0.3) is 0 Å². The van der Waals surface area contributed by atoms with Gasteiger partial charge >= 0.3 is 12.4 Å². The lowest BCUT2D eigenvalue weighted by Crippen LogP contribution is -2.13. The number of ketones is 1. The van der Waals surface area contributed by atoms with E-state index in [1.54, 1.807) is 6.92 Å². The molecule has 0 heterocycles. The topological polar surface area (TPSA) is 17.1 Å². The van der Waals surface area contributed by atoms with E-state index in [0.29, 0.717) is 18.6 Å². The Bertz CT molecular complexity index is 454. The highest BCUT2D eigenvalue weighted by molar-refractivity contribution is 5.80. The predicted molar refractivity (Wildman–Crippen MR) is 60.1 cm³/mol. The van der Waals surface area contributed by atoms with Gasteiger partial charge in [0.15, 0.2) is 0 Å². The Morgan fingerprint density at radius 3 is 1.75 bits per heavy atom. The van der Waals surface area contributed by atoms with Crippen molar-refractivity contribution in [1.29, 1.82) is 0 Å². The Balaban J connectivity index is 3.21. The lowest BCUT2D eigenvalue weighted by molar-refractivity contribution is -0.143. The zero-order chi connectivity index (χ0) is 15.6. The fourth-order valence-electron chi connectivity index (χ4n) is 1.72. The lowest BCUT2D eigenvalue weighted by Gasteiger charge is -2.14. The number of Topliss-reactive ketones (excluding diaryl/α,β-unsaturated/α-hetero) is 1. The molecule has 0 amide bonds. The van der Waals surface area contributed by atoms with E-state index in [1.807, 2.05) is 0 Å². The Labute approximate surface area is 111 Å². The summed E-state index contributed by atoms with van der Waals surface area (Å²) in [6.07, 6.45) is -9.59. The molecule has 0 aliphatic rings. The molecule has 1 nitrogen and oxygen atoms in total. The van der Waals surface area contributed by atoms with Gasteiger partial charge in [-0.25, -0.2) is 0 Å². The molecule has 7 heteroatoms. The van der Waals surface area contributed by atoms with Crippen LogP contribution in [0, 0.1) is 0 Å². The number of halogens is 6. The number of hydrogen-bond acceptors (Lipinski definition) is 1. The molecule has 0 saturated heterocycles. The lowest BCUT2D eigenvalue weighted by atomic mass is 10.00. The molecule has 112 valence electrons. The van der Waals surface area contributed by atoms with Crippen molar-refractivity contribution in [1.82, 2.24) is 0 Å². The van der Waals surface area contributed by atoms with Crippen LogP contribution in [0.15, 0.2) is 18.2 Å². The van der Waals surface area contributed by atoms with Gasteiger partial charge in [-0.15, -0.1) is 0 Å². The van der Waals surface area contributed by atoms with Crippen LogP contribution in [-0.2, 0) is 23.6 Å². The minimum absolute atomic E-state index is 0.0494.